The summed E-state index contributed by atoms with van der Waals surface area (Å²) in [5.41, 5.74) is 2.35. The SMILES string of the molecule is CCCCn1cc(C)nc1Nc1cccc(F)c1C. The van der Waals surface area contributed by atoms with E-state index < -0.39 is 0 Å². The largest absolute Gasteiger partial charge is 0.325 e. The lowest BCUT2D eigenvalue weighted by molar-refractivity contribution is 0.618. The number of benzene rings is 1. The summed E-state index contributed by atoms with van der Waals surface area (Å²) in [6.45, 7) is 6.82. The second kappa shape index (κ2) is 5.87. The van der Waals surface area contributed by atoms with Crippen molar-refractivity contribution in [1.82, 2.24) is 9.55 Å². The number of rotatable bonds is 5. The van der Waals surface area contributed by atoms with Crippen LogP contribution < -0.4 is 5.32 Å². The second-order valence-corrected chi connectivity index (χ2v) is 4.79. The van der Waals surface area contributed by atoms with E-state index in [9.17, 15) is 4.39 Å². The summed E-state index contributed by atoms with van der Waals surface area (Å²) in [5, 5.41) is 3.22. The molecule has 0 saturated heterocycles. The molecule has 1 N–H and O–H groups in total. The molecule has 102 valence electrons. The fraction of sp³-hybridized carbons (Fsp3) is 0.400. The van der Waals surface area contributed by atoms with E-state index in [1.165, 1.54) is 6.07 Å². The Hall–Kier alpha value is -1.84. The molecule has 3 nitrogen and oxygen atoms in total. The first kappa shape index (κ1) is 13.6. The Kier molecular flexibility index (Phi) is 4.20. The highest BCUT2D eigenvalue weighted by molar-refractivity contribution is 5.58. The smallest absolute Gasteiger partial charge is 0.207 e. The third-order valence-corrected chi connectivity index (χ3v) is 3.16. The average Bonchev–Trinajstić information content (AvgIpc) is 2.73. The molecular formula is C15H20FN3. The van der Waals surface area contributed by atoms with Crippen LogP contribution in [0.4, 0.5) is 16.0 Å². The van der Waals surface area contributed by atoms with Crippen molar-refractivity contribution in [3.8, 4) is 0 Å². The molecule has 0 bridgehead atoms. The van der Waals surface area contributed by atoms with Crippen LogP contribution in [0.1, 0.15) is 31.0 Å². The van der Waals surface area contributed by atoms with Gasteiger partial charge in [-0.1, -0.05) is 19.4 Å². The first-order chi connectivity index (χ1) is 9.11. The molecule has 0 amide bonds. The van der Waals surface area contributed by atoms with Gasteiger partial charge in [-0.05, 0) is 32.4 Å². The van der Waals surface area contributed by atoms with Crippen molar-refractivity contribution in [2.45, 2.75) is 40.2 Å². The molecule has 0 fully saturated rings. The number of unbranched alkanes of at least 4 members (excludes halogenated alkanes) is 1. The molecule has 1 heterocycles. The second-order valence-electron chi connectivity index (χ2n) is 4.79. The summed E-state index contributed by atoms with van der Waals surface area (Å²) in [4.78, 5) is 4.46. The van der Waals surface area contributed by atoms with Crippen molar-refractivity contribution < 1.29 is 4.39 Å². The van der Waals surface area contributed by atoms with Gasteiger partial charge in [0.05, 0.1) is 5.69 Å². The quantitative estimate of drug-likeness (QED) is 0.875. The van der Waals surface area contributed by atoms with E-state index >= 15 is 0 Å². The number of anilines is 2. The third-order valence-electron chi connectivity index (χ3n) is 3.16. The van der Waals surface area contributed by atoms with Gasteiger partial charge in [0.25, 0.3) is 0 Å². The maximum Gasteiger partial charge on any atom is 0.207 e. The monoisotopic (exact) mass is 261 g/mol. The van der Waals surface area contributed by atoms with Crippen LogP contribution in [0.25, 0.3) is 0 Å². The number of halogens is 1. The van der Waals surface area contributed by atoms with Crippen LogP contribution in [0.15, 0.2) is 24.4 Å². The summed E-state index contributed by atoms with van der Waals surface area (Å²) in [7, 11) is 0. The number of hydrogen-bond donors (Lipinski definition) is 1. The van der Waals surface area contributed by atoms with E-state index in [0.29, 0.717) is 5.56 Å². The van der Waals surface area contributed by atoms with Gasteiger partial charge < -0.3 is 9.88 Å². The number of aromatic nitrogens is 2. The molecular weight excluding hydrogens is 241 g/mol. The zero-order valence-electron chi connectivity index (χ0n) is 11.7. The highest BCUT2D eigenvalue weighted by atomic mass is 19.1. The minimum Gasteiger partial charge on any atom is -0.325 e. The van der Waals surface area contributed by atoms with Crippen LogP contribution in [0.2, 0.25) is 0 Å². The van der Waals surface area contributed by atoms with Gasteiger partial charge in [0.15, 0.2) is 0 Å². The van der Waals surface area contributed by atoms with Crippen LogP contribution in [-0.4, -0.2) is 9.55 Å². The number of aryl methyl sites for hydroxylation is 2. The number of hydrogen-bond acceptors (Lipinski definition) is 2. The molecule has 2 aromatic rings. The summed E-state index contributed by atoms with van der Waals surface area (Å²) in [6.07, 6.45) is 4.26. The highest BCUT2D eigenvalue weighted by Crippen LogP contribution is 2.22. The van der Waals surface area contributed by atoms with Crippen molar-refractivity contribution in [1.29, 1.82) is 0 Å². The van der Waals surface area contributed by atoms with Crippen LogP contribution in [0.3, 0.4) is 0 Å². The van der Waals surface area contributed by atoms with E-state index in [2.05, 4.69) is 21.8 Å². The van der Waals surface area contributed by atoms with Gasteiger partial charge in [-0.25, -0.2) is 9.37 Å². The summed E-state index contributed by atoms with van der Waals surface area (Å²) < 4.78 is 15.6. The summed E-state index contributed by atoms with van der Waals surface area (Å²) in [6, 6.07) is 5.04. The topological polar surface area (TPSA) is 29.9 Å². The van der Waals surface area contributed by atoms with E-state index in [1.54, 1.807) is 13.0 Å². The Morgan fingerprint density at radius 1 is 1.32 bits per heavy atom. The van der Waals surface area contributed by atoms with E-state index in [-0.39, 0.29) is 5.82 Å². The predicted molar refractivity (Wildman–Crippen MR) is 76.3 cm³/mol. The normalized spacial score (nSPS) is 10.7. The molecule has 0 radical (unpaired) electrons. The highest BCUT2D eigenvalue weighted by Gasteiger charge is 2.08. The molecule has 0 aliphatic heterocycles. The van der Waals surface area contributed by atoms with Gasteiger partial charge in [-0.2, -0.15) is 0 Å². The van der Waals surface area contributed by atoms with Crippen molar-refractivity contribution in [2.75, 3.05) is 5.32 Å². The van der Waals surface area contributed by atoms with Gasteiger partial charge in [-0.15, -0.1) is 0 Å². The molecule has 0 aliphatic carbocycles. The standard InChI is InChI=1S/C15H20FN3/c1-4-5-9-19-10-11(2)17-15(19)18-14-8-6-7-13(16)12(14)3/h6-8,10H,4-5,9H2,1-3H3,(H,17,18). The average molecular weight is 261 g/mol. The molecule has 1 aromatic carbocycles. The molecule has 0 unspecified atom stereocenters. The molecule has 0 atom stereocenters. The summed E-state index contributed by atoms with van der Waals surface area (Å²) >= 11 is 0. The number of nitrogens with zero attached hydrogens (tertiary/aromatic N) is 2. The zero-order valence-corrected chi connectivity index (χ0v) is 11.7. The molecule has 2 rings (SSSR count). The van der Waals surface area contributed by atoms with E-state index in [0.717, 1.165) is 36.7 Å². The molecule has 0 saturated carbocycles. The lowest BCUT2D eigenvalue weighted by Gasteiger charge is -2.11. The maximum absolute atomic E-state index is 13.5. The Labute approximate surface area is 113 Å². The third kappa shape index (κ3) is 3.13. The number of imidazole rings is 1. The van der Waals surface area contributed by atoms with Crippen molar-refractivity contribution in [2.24, 2.45) is 0 Å². The maximum atomic E-state index is 13.5. The predicted octanol–water partition coefficient (Wildman–Crippen LogP) is 4.18. The minimum absolute atomic E-state index is 0.201. The summed E-state index contributed by atoms with van der Waals surface area (Å²) in [5.74, 6) is 0.577. The molecule has 4 heteroatoms. The van der Waals surface area contributed by atoms with Crippen molar-refractivity contribution >= 4 is 11.6 Å². The first-order valence-electron chi connectivity index (χ1n) is 6.67. The van der Waals surface area contributed by atoms with E-state index in [1.807, 2.05) is 19.2 Å². The van der Waals surface area contributed by atoms with E-state index in [4.69, 9.17) is 0 Å². The van der Waals surface area contributed by atoms with Crippen molar-refractivity contribution in [3.63, 3.8) is 0 Å². The Bertz CT molecular complexity index is 561. The lowest BCUT2D eigenvalue weighted by atomic mass is 10.2. The van der Waals surface area contributed by atoms with Crippen LogP contribution in [0.5, 0.6) is 0 Å². The van der Waals surface area contributed by atoms with Crippen LogP contribution >= 0.6 is 0 Å². The van der Waals surface area contributed by atoms with Gasteiger partial charge >= 0.3 is 0 Å². The molecule has 0 aliphatic rings. The Balaban J connectivity index is 2.25. The fourth-order valence-corrected chi connectivity index (χ4v) is 2.01. The Morgan fingerprint density at radius 3 is 2.84 bits per heavy atom. The minimum atomic E-state index is -0.201. The van der Waals surface area contributed by atoms with Crippen LogP contribution in [-0.2, 0) is 6.54 Å². The number of nitrogens with one attached hydrogen (secondary N) is 1. The zero-order chi connectivity index (χ0) is 13.8. The molecule has 19 heavy (non-hydrogen) atoms. The molecule has 1 aromatic heterocycles. The van der Waals surface area contributed by atoms with Crippen LogP contribution in [0, 0.1) is 19.7 Å². The van der Waals surface area contributed by atoms with Gasteiger partial charge in [0.1, 0.15) is 5.82 Å². The van der Waals surface area contributed by atoms with Gasteiger partial charge in [0, 0.05) is 24.0 Å². The fourth-order valence-electron chi connectivity index (χ4n) is 2.01. The Morgan fingerprint density at radius 2 is 2.11 bits per heavy atom. The lowest BCUT2D eigenvalue weighted by Crippen LogP contribution is -2.04. The molecule has 0 spiro atoms. The van der Waals surface area contributed by atoms with Crippen molar-refractivity contribution in [3.05, 3.63) is 41.5 Å². The van der Waals surface area contributed by atoms with Gasteiger partial charge in [-0.3, -0.25) is 0 Å². The van der Waals surface area contributed by atoms with Gasteiger partial charge in [0.2, 0.25) is 5.95 Å². The first-order valence-corrected chi connectivity index (χ1v) is 6.67.